The van der Waals surface area contributed by atoms with E-state index in [0.717, 1.165) is 17.0 Å². The molecule has 152 valence electrons. The van der Waals surface area contributed by atoms with Crippen LogP contribution in [0, 0.1) is 11.3 Å². The number of nitrogen functional groups attached to an aromatic ring is 1. The molecule has 0 aliphatic carbocycles. The predicted molar refractivity (Wildman–Crippen MR) is 107 cm³/mol. The average molecular weight is 405 g/mol. The molecule has 10 nitrogen and oxygen atoms in total. The van der Waals surface area contributed by atoms with Gasteiger partial charge in [0, 0.05) is 56.2 Å². The van der Waals surface area contributed by atoms with Crippen molar-refractivity contribution in [3.63, 3.8) is 0 Å². The molecule has 1 aliphatic rings. The van der Waals surface area contributed by atoms with E-state index in [2.05, 4.69) is 21.0 Å². The summed E-state index contributed by atoms with van der Waals surface area (Å²) in [6.45, 7) is 2.27. The number of rotatable bonds is 2. The minimum absolute atomic E-state index is 0.0105. The van der Waals surface area contributed by atoms with Crippen LogP contribution < -0.4 is 5.73 Å². The Morgan fingerprint density at radius 3 is 2.67 bits per heavy atom. The molecule has 0 bridgehead atoms. The largest absolute Gasteiger partial charge is 0.483 e. The molecule has 0 fully saturated rings. The Morgan fingerprint density at radius 1 is 1.33 bits per heavy atom. The van der Waals surface area contributed by atoms with Gasteiger partial charge in [0.05, 0.1) is 11.4 Å². The highest BCUT2D eigenvalue weighted by molar-refractivity contribution is 5.80. The maximum absolute atomic E-state index is 11.9. The minimum atomic E-state index is -0.250. The van der Waals surface area contributed by atoms with Gasteiger partial charge in [-0.15, -0.1) is 0 Å². The van der Waals surface area contributed by atoms with Crippen molar-refractivity contribution >= 4 is 18.2 Å². The van der Waals surface area contributed by atoms with Crippen molar-refractivity contribution in [3.8, 4) is 23.3 Å². The summed E-state index contributed by atoms with van der Waals surface area (Å²) in [7, 11) is 0. The zero-order valence-electron chi connectivity index (χ0n) is 16.2. The van der Waals surface area contributed by atoms with Crippen LogP contribution >= 0.6 is 0 Å². The SMILES string of the molecule is CC(=O)N1CCc2nc(N)c(C#N)c(-c3cccn3-c3ncccn3)c2C1.O=CO. The number of hydrogen-bond donors (Lipinski definition) is 2. The van der Waals surface area contributed by atoms with E-state index in [-0.39, 0.29) is 18.2 Å². The summed E-state index contributed by atoms with van der Waals surface area (Å²) in [5.41, 5.74) is 9.48. The summed E-state index contributed by atoms with van der Waals surface area (Å²) in [5, 5.41) is 16.6. The second kappa shape index (κ2) is 8.83. The van der Waals surface area contributed by atoms with Crippen molar-refractivity contribution in [2.75, 3.05) is 12.3 Å². The summed E-state index contributed by atoms with van der Waals surface area (Å²) in [6.07, 6.45) is 5.75. The van der Waals surface area contributed by atoms with E-state index in [0.29, 0.717) is 36.6 Å². The van der Waals surface area contributed by atoms with Gasteiger partial charge in [-0.2, -0.15) is 5.26 Å². The lowest BCUT2D eigenvalue weighted by Crippen LogP contribution is -2.35. The first-order valence-electron chi connectivity index (χ1n) is 9.01. The normalized spacial score (nSPS) is 12.2. The van der Waals surface area contributed by atoms with E-state index < -0.39 is 0 Å². The lowest BCUT2D eigenvalue weighted by Gasteiger charge is -2.29. The van der Waals surface area contributed by atoms with Crippen molar-refractivity contribution in [3.05, 3.63) is 53.6 Å². The summed E-state index contributed by atoms with van der Waals surface area (Å²) >= 11 is 0. The second-order valence-corrected chi connectivity index (χ2v) is 6.39. The van der Waals surface area contributed by atoms with Crippen LogP contribution in [-0.2, 0) is 22.6 Å². The molecule has 10 heteroatoms. The molecule has 3 aromatic rings. The highest BCUT2D eigenvalue weighted by atomic mass is 16.3. The third-order valence-electron chi connectivity index (χ3n) is 4.71. The fraction of sp³-hybridized carbons (Fsp3) is 0.200. The lowest BCUT2D eigenvalue weighted by atomic mass is 9.93. The van der Waals surface area contributed by atoms with Crippen molar-refractivity contribution in [1.82, 2.24) is 24.4 Å². The number of fused-ring (bicyclic) bond motifs is 1. The molecule has 0 unspecified atom stereocenters. The molecular formula is C20H19N7O3. The Hall–Kier alpha value is -4.26. The van der Waals surface area contributed by atoms with Crippen LogP contribution in [-0.4, -0.2) is 48.4 Å². The van der Waals surface area contributed by atoms with E-state index in [1.807, 2.05) is 22.9 Å². The van der Waals surface area contributed by atoms with Crippen LogP contribution in [0.5, 0.6) is 0 Å². The molecule has 0 saturated heterocycles. The van der Waals surface area contributed by atoms with E-state index in [9.17, 15) is 10.1 Å². The van der Waals surface area contributed by atoms with Crippen LogP contribution in [0.25, 0.3) is 17.2 Å². The zero-order chi connectivity index (χ0) is 21.7. The van der Waals surface area contributed by atoms with E-state index in [1.54, 1.807) is 30.3 Å². The Kier molecular flexibility index (Phi) is 6.03. The maximum atomic E-state index is 11.9. The molecule has 30 heavy (non-hydrogen) atoms. The van der Waals surface area contributed by atoms with Gasteiger partial charge in [0.15, 0.2) is 0 Å². The molecule has 0 radical (unpaired) electrons. The summed E-state index contributed by atoms with van der Waals surface area (Å²) in [4.78, 5) is 35.0. The number of carbonyl (C=O) groups excluding carboxylic acids is 1. The molecule has 4 heterocycles. The molecule has 0 atom stereocenters. The van der Waals surface area contributed by atoms with Gasteiger partial charge in [-0.1, -0.05) is 0 Å². The van der Waals surface area contributed by atoms with E-state index >= 15 is 0 Å². The Labute approximate surface area is 172 Å². The first-order chi connectivity index (χ1) is 14.5. The number of carboxylic acid groups (broad SMARTS) is 1. The minimum Gasteiger partial charge on any atom is -0.483 e. The number of pyridine rings is 1. The quantitative estimate of drug-likeness (QED) is 0.607. The second-order valence-electron chi connectivity index (χ2n) is 6.39. The Balaban J connectivity index is 0.000000806. The molecule has 3 N–H and O–H groups in total. The van der Waals surface area contributed by atoms with Crippen LogP contribution in [0.4, 0.5) is 5.82 Å². The topological polar surface area (TPSA) is 151 Å². The van der Waals surface area contributed by atoms with Crippen molar-refractivity contribution in [2.24, 2.45) is 0 Å². The summed E-state index contributed by atoms with van der Waals surface area (Å²) < 4.78 is 1.81. The number of nitriles is 1. The van der Waals surface area contributed by atoms with Crippen molar-refractivity contribution in [1.29, 1.82) is 5.26 Å². The highest BCUT2D eigenvalue weighted by Gasteiger charge is 2.27. The van der Waals surface area contributed by atoms with Crippen LogP contribution in [0.2, 0.25) is 0 Å². The number of carbonyl (C=O) groups is 2. The first-order valence-corrected chi connectivity index (χ1v) is 9.01. The summed E-state index contributed by atoms with van der Waals surface area (Å²) in [5.74, 6) is 0.678. The number of anilines is 1. The van der Waals surface area contributed by atoms with Crippen LogP contribution in [0.3, 0.4) is 0 Å². The standard InChI is InChI=1S/C19H17N7O.CH2O2/c1-12(27)25-9-5-15-14(11-25)17(13(10-20)18(21)24-15)16-4-2-8-26(16)19-22-6-3-7-23-19;2-1-3/h2-4,6-8H,5,9,11H2,1H3,(H2,21,24);1H,(H,2,3). The molecule has 1 aliphatic heterocycles. The first kappa shape index (κ1) is 20.5. The fourth-order valence-corrected chi connectivity index (χ4v) is 3.42. The third-order valence-corrected chi connectivity index (χ3v) is 4.71. The van der Waals surface area contributed by atoms with Crippen molar-refractivity contribution < 1.29 is 14.7 Å². The molecule has 3 aromatic heterocycles. The maximum Gasteiger partial charge on any atom is 0.290 e. The van der Waals surface area contributed by atoms with Gasteiger partial charge in [0.25, 0.3) is 6.47 Å². The van der Waals surface area contributed by atoms with Gasteiger partial charge >= 0.3 is 0 Å². The summed E-state index contributed by atoms with van der Waals surface area (Å²) in [6, 6.07) is 7.67. The molecular weight excluding hydrogens is 386 g/mol. The molecule has 4 rings (SSSR count). The predicted octanol–water partition coefficient (Wildman–Crippen LogP) is 1.39. The van der Waals surface area contributed by atoms with Crippen LogP contribution in [0.1, 0.15) is 23.7 Å². The van der Waals surface area contributed by atoms with Crippen LogP contribution in [0.15, 0.2) is 36.8 Å². The van der Waals surface area contributed by atoms with Gasteiger partial charge in [0.2, 0.25) is 11.9 Å². The van der Waals surface area contributed by atoms with Gasteiger partial charge < -0.3 is 15.7 Å². The third kappa shape index (κ3) is 3.81. The smallest absolute Gasteiger partial charge is 0.290 e. The number of nitrogens with zero attached hydrogens (tertiary/aromatic N) is 6. The Bertz CT molecular complexity index is 1120. The monoisotopic (exact) mass is 405 g/mol. The number of amides is 1. The van der Waals surface area contributed by atoms with Gasteiger partial charge in [0.1, 0.15) is 17.5 Å². The van der Waals surface area contributed by atoms with E-state index in [4.69, 9.17) is 15.6 Å². The average Bonchev–Trinajstić information content (AvgIpc) is 3.23. The number of aromatic nitrogens is 4. The fourth-order valence-electron chi connectivity index (χ4n) is 3.42. The van der Waals surface area contributed by atoms with Gasteiger partial charge in [-0.25, -0.2) is 15.0 Å². The molecule has 0 spiro atoms. The van der Waals surface area contributed by atoms with Gasteiger partial charge in [-0.3, -0.25) is 14.2 Å². The van der Waals surface area contributed by atoms with Crippen molar-refractivity contribution in [2.45, 2.75) is 19.9 Å². The molecule has 0 aromatic carbocycles. The van der Waals surface area contributed by atoms with Gasteiger partial charge in [-0.05, 0) is 18.2 Å². The number of nitrogens with two attached hydrogens (primary N) is 1. The lowest BCUT2D eigenvalue weighted by molar-refractivity contribution is -0.129. The highest BCUT2D eigenvalue weighted by Crippen LogP contribution is 2.36. The molecule has 0 saturated carbocycles. The zero-order valence-corrected chi connectivity index (χ0v) is 16.2. The Morgan fingerprint density at radius 2 is 2.03 bits per heavy atom. The van der Waals surface area contributed by atoms with E-state index in [1.165, 1.54) is 0 Å². The molecule has 1 amide bonds. The number of hydrogen-bond acceptors (Lipinski definition) is 7.